The van der Waals surface area contributed by atoms with E-state index in [-0.39, 0.29) is 6.04 Å². The highest BCUT2D eigenvalue weighted by atomic mass is 35.5. The van der Waals surface area contributed by atoms with Crippen LogP contribution in [0.25, 0.3) is 0 Å². The lowest BCUT2D eigenvalue weighted by molar-refractivity contribution is 0.547. The molecule has 0 radical (unpaired) electrons. The lowest BCUT2D eigenvalue weighted by Crippen LogP contribution is -2.20. The van der Waals surface area contributed by atoms with Crippen LogP contribution < -0.4 is 5.32 Å². The van der Waals surface area contributed by atoms with Crippen LogP contribution in [0.3, 0.4) is 0 Å². The Morgan fingerprint density at radius 1 is 1.50 bits per heavy atom. The number of nitrogens with one attached hydrogen (secondary N) is 1. The molecule has 0 saturated carbocycles. The van der Waals surface area contributed by atoms with E-state index in [0.29, 0.717) is 6.54 Å². The van der Waals surface area contributed by atoms with Gasteiger partial charge in [-0.05, 0) is 25.5 Å². The molecule has 0 spiro atoms. The number of pyridine rings is 1. The molecule has 0 saturated heterocycles. The first-order valence-corrected chi connectivity index (χ1v) is 6.28. The fraction of sp³-hybridized carbons (Fsp3) is 0.385. The number of aryl methyl sites for hydroxylation is 2. The second kappa shape index (κ2) is 5.50. The second-order valence-electron chi connectivity index (χ2n) is 4.36. The summed E-state index contributed by atoms with van der Waals surface area (Å²) in [4.78, 5) is 4.12. The molecule has 0 aliphatic rings. The molecule has 2 aromatic heterocycles. The van der Waals surface area contributed by atoms with Crippen LogP contribution in [0, 0.1) is 6.92 Å². The molecular formula is C13H17ClN4. The predicted octanol–water partition coefficient (Wildman–Crippen LogP) is 2.63. The van der Waals surface area contributed by atoms with Gasteiger partial charge in [0.1, 0.15) is 0 Å². The maximum absolute atomic E-state index is 6.21. The zero-order valence-electron chi connectivity index (χ0n) is 10.8. The molecule has 4 nitrogen and oxygen atoms in total. The molecule has 18 heavy (non-hydrogen) atoms. The van der Waals surface area contributed by atoms with Gasteiger partial charge >= 0.3 is 0 Å². The lowest BCUT2D eigenvalue weighted by Gasteiger charge is -2.14. The summed E-state index contributed by atoms with van der Waals surface area (Å²) >= 11 is 6.21. The highest BCUT2D eigenvalue weighted by Gasteiger charge is 2.12. The van der Waals surface area contributed by atoms with Crippen molar-refractivity contribution in [3.63, 3.8) is 0 Å². The number of hydrogen-bond acceptors (Lipinski definition) is 3. The minimum absolute atomic E-state index is 0.227. The van der Waals surface area contributed by atoms with Crippen molar-refractivity contribution in [1.29, 1.82) is 0 Å². The summed E-state index contributed by atoms with van der Waals surface area (Å²) < 4.78 is 1.82. The molecule has 1 atom stereocenters. The van der Waals surface area contributed by atoms with Crippen LogP contribution >= 0.6 is 11.6 Å². The van der Waals surface area contributed by atoms with Gasteiger partial charge in [-0.1, -0.05) is 17.7 Å². The van der Waals surface area contributed by atoms with Crippen LogP contribution in [0.2, 0.25) is 5.02 Å². The molecule has 0 aromatic carbocycles. The maximum Gasteiger partial charge on any atom is 0.0860 e. The van der Waals surface area contributed by atoms with Gasteiger partial charge in [-0.3, -0.25) is 9.67 Å². The number of nitrogens with zero attached hydrogens (tertiary/aromatic N) is 3. The van der Waals surface area contributed by atoms with Crippen molar-refractivity contribution in [2.75, 3.05) is 0 Å². The molecule has 0 unspecified atom stereocenters. The van der Waals surface area contributed by atoms with Gasteiger partial charge in [-0.15, -0.1) is 0 Å². The SMILES string of the molecule is Cc1nn(C)c(CN[C@@H](C)c2cccnc2)c1Cl. The second-order valence-corrected chi connectivity index (χ2v) is 4.74. The van der Waals surface area contributed by atoms with Crippen LogP contribution in [-0.4, -0.2) is 14.8 Å². The first-order valence-electron chi connectivity index (χ1n) is 5.91. The van der Waals surface area contributed by atoms with Crippen molar-refractivity contribution in [3.8, 4) is 0 Å². The lowest BCUT2D eigenvalue weighted by atomic mass is 10.1. The summed E-state index contributed by atoms with van der Waals surface area (Å²) in [5.74, 6) is 0. The summed E-state index contributed by atoms with van der Waals surface area (Å²) in [6.45, 7) is 4.71. The van der Waals surface area contributed by atoms with Crippen LogP contribution in [0.4, 0.5) is 0 Å². The fourth-order valence-electron chi connectivity index (χ4n) is 1.87. The molecule has 96 valence electrons. The first-order chi connectivity index (χ1) is 8.59. The van der Waals surface area contributed by atoms with Crippen molar-refractivity contribution < 1.29 is 0 Å². The molecule has 0 fully saturated rings. The normalized spacial score (nSPS) is 12.7. The minimum Gasteiger partial charge on any atom is -0.304 e. The van der Waals surface area contributed by atoms with Crippen molar-refractivity contribution >= 4 is 11.6 Å². The van der Waals surface area contributed by atoms with E-state index in [9.17, 15) is 0 Å². The zero-order valence-corrected chi connectivity index (χ0v) is 11.6. The first kappa shape index (κ1) is 13.1. The molecule has 0 bridgehead atoms. The average Bonchev–Trinajstić information content (AvgIpc) is 2.62. The number of rotatable bonds is 4. The molecule has 0 aliphatic heterocycles. The summed E-state index contributed by atoms with van der Waals surface area (Å²) in [6, 6.07) is 4.22. The van der Waals surface area contributed by atoms with E-state index >= 15 is 0 Å². The van der Waals surface area contributed by atoms with Crippen LogP contribution in [0.1, 0.15) is 29.9 Å². The highest BCUT2D eigenvalue weighted by molar-refractivity contribution is 6.31. The highest BCUT2D eigenvalue weighted by Crippen LogP contribution is 2.20. The molecule has 1 N–H and O–H groups in total. The smallest absolute Gasteiger partial charge is 0.0860 e. The van der Waals surface area contributed by atoms with Crippen molar-refractivity contribution in [3.05, 3.63) is 46.5 Å². The molecule has 2 rings (SSSR count). The molecule has 2 heterocycles. The third-order valence-corrected chi connectivity index (χ3v) is 3.51. The minimum atomic E-state index is 0.227. The summed E-state index contributed by atoms with van der Waals surface area (Å²) in [6.07, 6.45) is 3.64. The van der Waals surface area contributed by atoms with Gasteiger partial charge in [0.25, 0.3) is 0 Å². The van der Waals surface area contributed by atoms with Crippen LogP contribution in [0.15, 0.2) is 24.5 Å². The van der Waals surface area contributed by atoms with Crippen molar-refractivity contribution in [2.24, 2.45) is 7.05 Å². The number of halogens is 1. The molecule has 2 aromatic rings. The Bertz CT molecular complexity index is 521. The van der Waals surface area contributed by atoms with Gasteiger partial charge in [-0.2, -0.15) is 5.10 Å². The van der Waals surface area contributed by atoms with E-state index in [1.807, 2.05) is 30.9 Å². The van der Waals surface area contributed by atoms with E-state index < -0.39 is 0 Å². The Labute approximate surface area is 112 Å². The third kappa shape index (κ3) is 2.71. The van der Waals surface area contributed by atoms with Crippen LogP contribution in [0.5, 0.6) is 0 Å². The fourth-order valence-corrected chi connectivity index (χ4v) is 2.10. The monoisotopic (exact) mass is 264 g/mol. The van der Waals surface area contributed by atoms with Crippen molar-refractivity contribution in [2.45, 2.75) is 26.4 Å². The van der Waals surface area contributed by atoms with E-state index in [1.165, 1.54) is 0 Å². The Hall–Kier alpha value is -1.39. The Morgan fingerprint density at radius 2 is 2.28 bits per heavy atom. The van der Waals surface area contributed by atoms with E-state index in [1.54, 1.807) is 6.20 Å². The van der Waals surface area contributed by atoms with Gasteiger partial charge in [0.2, 0.25) is 0 Å². The standard InChI is InChI=1S/C13H17ClN4/c1-9(11-5-4-6-15-7-11)16-8-12-13(14)10(2)17-18(12)3/h4-7,9,16H,8H2,1-3H3/t9-/m0/s1. The molecule has 0 aliphatic carbocycles. The Balaban J connectivity index is 2.04. The Morgan fingerprint density at radius 3 is 2.83 bits per heavy atom. The topological polar surface area (TPSA) is 42.7 Å². The van der Waals surface area contributed by atoms with E-state index in [2.05, 4.69) is 28.4 Å². The van der Waals surface area contributed by atoms with Gasteiger partial charge in [0.15, 0.2) is 0 Å². The molecule has 5 heteroatoms. The summed E-state index contributed by atoms with van der Waals surface area (Å²) in [5.41, 5.74) is 3.03. The number of hydrogen-bond donors (Lipinski definition) is 1. The van der Waals surface area contributed by atoms with Crippen molar-refractivity contribution in [1.82, 2.24) is 20.1 Å². The zero-order chi connectivity index (χ0) is 13.1. The largest absolute Gasteiger partial charge is 0.304 e. The van der Waals surface area contributed by atoms with E-state index in [0.717, 1.165) is 22.0 Å². The quantitative estimate of drug-likeness (QED) is 0.923. The van der Waals surface area contributed by atoms with Gasteiger partial charge in [0, 0.05) is 32.0 Å². The molecular weight excluding hydrogens is 248 g/mol. The van der Waals surface area contributed by atoms with E-state index in [4.69, 9.17) is 11.6 Å². The average molecular weight is 265 g/mol. The maximum atomic E-state index is 6.21. The third-order valence-electron chi connectivity index (χ3n) is 3.02. The summed E-state index contributed by atoms with van der Waals surface area (Å²) in [5, 5.41) is 8.46. The summed E-state index contributed by atoms with van der Waals surface area (Å²) in [7, 11) is 1.91. The number of aromatic nitrogens is 3. The van der Waals surface area contributed by atoms with Gasteiger partial charge in [-0.25, -0.2) is 0 Å². The molecule has 0 amide bonds. The van der Waals surface area contributed by atoms with Crippen LogP contribution in [-0.2, 0) is 13.6 Å². The van der Waals surface area contributed by atoms with Gasteiger partial charge < -0.3 is 5.32 Å². The predicted molar refractivity (Wildman–Crippen MR) is 72.4 cm³/mol. The van der Waals surface area contributed by atoms with Gasteiger partial charge in [0.05, 0.1) is 16.4 Å². The Kier molecular flexibility index (Phi) is 3.99.